The topological polar surface area (TPSA) is 55.1 Å². The highest BCUT2D eigenvalue weighted by atomic mass is 16.4. The van der Waals surface area contributed by atoms with E-state index in [1.165, 1.54) is 5.56 Å². The molecule has 0 saturated carbocycles. The van der Waals surface area contributed by atoms with Crippen molar-refractivity contribution in [1.82, 2.24) is 9.55 Å². The molecule has 0 aliphatic rings. The predicted octanol–water partition coefficient (Wildman–Crippen LogP) is 3.11. The van der Waals surface area contributed by atoms with Crippen molar-refractivity contribution < 1.29 is 9.90 Å². The summed E-state index contributed by atoms with van der Waals surface area (Å²) in [6.07, 6.45) is 1.74. The number of hydrogen-bond acceptors (Lipinski definition) is 2. The summed E-state index contributed by atoms with van der Waals surface area (Å²) in [5, 5.41) is 8.81. The van der Waals surface area contributed by atoms with Crippen LogP contribution in [0.25, 0.3) is 5.69 Å². The van der Waals surface area contributed by atoms with Crippen molar-refractivity contribution in [3.63, 3.8) is 0 Å². The summed E-state index contributed by atoms with van der Waals surface area (Å²) in [5.41, 5.74) is 2.97. The van der Waals surface area contributed by atoms with Gasteiger partial charge in [0.1, 0.15) is 5.82 Å². The first kappa shape index (κ1) is 14.3. The number of aliphatic carboxylic acids is 1. The largest absolute Gasteiger partial charge is 0.481 e. The molecule has 4 nitrogen and oxygen atoms in total. The number of carboxylic acid groups (broad SMARTS) is 1. The molecule has 0 bridgehead atoms. The fourth-order valence-corrected chi connectivity index (χ4v) is 2.16. The van der Waals surface area contributed by atoms with Crippen LogP contribution in [0.1, 0.15) is 37.9 Å². The number of aromatic nitrogens is 2. The Morgan fingerprint density at radius 3 is 2.35 bits per heavy atom. The van der Waals surface area contributed by atoms with Crippen molar-refractivity contribution in [2.45, 2.75) is 39.5 Å². The van der Waals surface area contributed by atoms with Gasteiger partial charge in [0.25, 0.3) is 0 Å². The summed E-state index contributed by atoms with van der Waals surface area (Å²) in [5.74, 6) is -0.0671. The molecule has 2 aromatic rings. The summed E-state index contributed by atoms with van der Waals surface area (Å²) in [7, 11) is 0. The highest BCUT2D eigenvalue weighted by Gasteiger charge is 2.14. The molecular formula is C16H20N2O2. The molecule has 2 rings (SSSR count). The fraction of sp³-hybridized carbons (Fsp3) is 0.375. The van der Waals surface area contributed by atoms with E-state index < -0.39 is 5.97 Å². The molecule has 20 heavy (non-hydrogen) atoms. The van der Waals surface area contributed by atoms with Crippen molar-refractivity contribution in [2.24, 2.45) is 0 Å². The second-order valence-electron chi connectivity index (χ2n) is 6.02. The number of benzene rings is 1. The quantitative estimate of drug-likeness (QED) is 0.934. The van der Waals surface area contributed by atoms with Crippen molar-refractivity contribution in [3.8, 4) is 5.69 Å². The SMILES string of the molecule is Cc1nc(CC(=O)O)cn1-c1ccc(C(C)(C)C)cc1. The van der Waals surface area contributed by atoms with Crippen LogP contribution in [0.2, 0.25) is 0 Å². The van der Waals surface area contributed by atoms with E-state index in [1.54, 1.807) is 6.20 Å². The normalized spacial score (nSPS) is 11.6. The Kier molecular flexibility index (Phi) is 3.66. The minimum atomic E-state index is -0.863. The van der Waals surface area contributed by atoms with Gasteiger partial charge >= 0.3 is 5.97 Å². The standard InChI is InChI=1S/C16H20N2O2/c1-11-17-13(9-15(19)20)10-18(11)14-7-5-12(6-8-14)16(2,3)4/h5-8,10H,9H2,1-4H3,(H,19,20). The number of nitrogens with zero attached hydrogens (tertiary/aromatic N) is 2. The van der Waals surface area contributed by atoms with Crippen LogP contribution >= 0.6 is 0 Å². The summed E-state index contributed by atoms with van der Waals surface area (Å²) in [6.45, 7) is 8.41. The molecule has 0 saturated heterocycles. The first-order valence-electron chi connectivity index (χ1n) is 6.65. The summed E-state index contributed by atoms with van der Waals surface area (Å²) < 4.78 is 1.92. The van der Waals surface area contributed by atoms with E-state index in [0.29, 0.717) is 5.69 Å². The third-order valence-corrected chi connectivity index (χ3v) is 3.28. The van der Waals surface area contributed by atoms with E-state index in [1.807, 2.05) is 23.6 Å². The maximum atomic E-state index is 10.7. The second-order valence-corrected chi connectivity index (χ2v) is 6.02. The smallest absolute Gasteiger partial charge is 0.309 e. The van der Waals surface area contributed by atoms with Gasteiger partial charge in [0.2, 0.25) is 0 Å². The van der Waals surface area contributed by atoms with Gasteiger partial charge in [-0.25, -0.2) is 4.98 Å². The molecule has 1 heterocycles. The predicted molar refractivity (Wildman–Crippen MR) is 78.3 cm³/mol. The van der Waals surface area contributed by atoms with Crippen molar-refractivity contribution in [3.05, 3.63) is 47.5 Å². The third-order valence-electron chi connectivity index (χ3n) is 3.28. The molecule has 1 aromatic carbocycles. The average Bonchev–Trinajstić information content (AvgIpc) is 2.68. The highest BCUT2D eigenvalue weighted by molar-refractivity contribution is 5.69. The van der Waals surface area contributed by atoms with Crippen molar-refractivity contribution >= 4 is 5.97 Å². The van der Waals surface area contributed by atoms with Gasteiger partial charge in [0.05, 0.1) is 12.1 Å². The lowest BCUT2D eigenvalue weighted by Gasteiger charge is -2.19. The van der Waals surface area contributed by atoms with E-state index in [4.69, 9.17) is 5.11 Å². The van der Waals surface area contributed by atoms with Crippen LogP contribution in [0.3, 0.4) is 0 Å². The molecule has 0 fully saturated rings. The zero-order valence-electron chi connectivity index (χ0n) is 12.3. The van der Waals surface area contributed by atoms with Gasteiger partial charge in [0.15, 0.2) is 0 Å². The molecule has 0 spiro atoms. The molecule has 4 heteroatoms. The van der Waals surface area contributed by atoms with E-state index in [-0.39, 0.29) is 11.8 Å². The van der Waals surface area contributed by atoms with Crippen LogP contribution in [0, 0.1) is 6.92 Å². The van der Waals surface area contributed by atoms with Gasteiger partial charge in [-0.15, -0.1) is 0 Å². The maximum absolute atomic E-state index is 10.7. The average molecular weight is 272 g/mol. The minimum absolute atomic E-state index is 0.0477. The number of imidazole rings is 1. The Hall–Kier alpha value is -2.10. The highest BCUT2D eigenvalue weighted by Crippen LogP contribution is 2.23. The molecule has 0 unspecified atom stereocenters. The van der Waals surface area contributed by atoms with Gasteiger partial charge in [0, 0.05) is 11.9 Å². The lowest BCUT2D eigenvalue weighted by atomic mass is 9.87. The Labute approximate surface area is 119 Å². The number of aryl methyl sites for hydroxylation is 1. The lowest BCUT2D eigenvalue weighted by molar-refractivity contribution is -0.136. The van der Waals surface area contributed by atoms with Crippen LogP contribution in [0.15, 0.2) is 30.5 Å². The van der Waals surface area contributed by atoms with Gasteiger partial charge in [-0.3, -0.25) is 4.79 Å². The van der Waals surface area contributed by atoms with Crippen LogP contribution in [0.4, 0.5) is 0 Å². The number of carbonyl (C=O) groups is 1. The Balaban J connectivity index is 2.32. The van der Waals surface area contributed by atoms with E-state index in [0.717, 1.165) is 11.5 Å². The molecule has 1 aromatic heterocycles. The first-order valence-corrected chi connectivity index (χ1v) is 6.65. The summed E-state index contributed by atoms with van der Waals surface area (Å²) >= 11 is 0. The van der Waals surface area contributed by atoms with Gasteiger partial charge in [-0.1, -0.05) is 32.9 Å². The zero-order valence-corrected chi connectivity index (χ0v) is 12.3. The fourth-order valence-electron chi connectivity index (χ4n) is 2.16. The molecule has 0 radical (unpaired) electrons. The van der Waals surface area contributed by atoms with Gasteiger partial charge < -0.3 is 9.67 Å². The molecule has 106 valence electrons. The van der Waals surface area contributed by atoms with E-state index >= 15 is 0 Å². The summed E-state index contributed by atoms with van der Waals surface area (Å²) in [6, 6.07) is 8.29. The Bertz CT molecular complexity index is 619. The monoisotopic (exact) mass is 272 g/mol. The van der Waals surface area contributed by atoms with Crippen LogP contribution < -0.4 is 0 Å². The van der Waals surface area contributed by atoms with Crippen LogP contribution in [-0.4, -0.2) is 20.6 Å². The van der Waals surface area contributed by atoms with Crippen LogP contribution in [-0.2, 0) is 16.6 Å². The molecule has 0 aliphatic heterocycles. The number of carboxylic acids is 1. The Morgan fingerprint density at radius 1 is 1.25 bits per heavy atom. The van der Waals surface area contributed by atoms with E-state index in [9.17, 15) is 4.79 Å². The van der Waals surface area contributed by atoms with Gasteiger partial charge in [-0.2, -0.15) is 0 Å². The minimum Gasteiger partial charge on any atom is -0.481 e. The first-order chi connectivity index (χ1) is 9.27. The van der Waals surface area contributed by atoms with Crippen LogP contribution in [0.5, 0.6) is 0 Å². The summed E-state index contributed by atoms with van der Waals surface area (Å²) in [4.78, 5) is 15.0. The second kappa shape index (κ2) is 5.12. The molecule has 0 amide bonds. The molecule has 0 atom stereocenters. The van der Waals surface area contributed by atoms with Gasteiger partial charge in [-0.05, 0) is 30.0 Å². The Morgan fingerprint density at radius 2 is 1.85 bits per heavy atom. The molecule has 1 N–H and O–H groups in total. The number of rotatable bonds is 3. The molecule has 0 aliphatic carbocycles. The zero-order chi connectivity index (χ0) is 14.9. The lowest BCUT2D eigenvalue weighted by Crippen LogP contribution is -2.10. The third kappa shape index (κ3) is 3.07. The number of hydrogen-bond donors (Lipinski definition) is 1. The van der Waals surface area contributed by atoms with E-state index in [2.05, 4.69) is 37.9 Å². The van der Waals surface area contributed by atoms with Crippen molar-refractivity contribution in [1.29, 1.82) is 0 Å². The molecular weight excluding hydrogens is 252 g/mol. The maximum Gasteiger partial charge on any atom is 0.309 e. The van der Waals surface area contributed by atoms with Crippen molar-refractivity contribution in [2.75, 3.05) is 0 Å².